The number of amides is 1. The van der Waals surface area contributed by atoms with Crippen LogP contribution < -0.4 is 15.5 Å². The molecule has 1 aromatic carbocycles. The number of carbonyl (C=O) groups is 1. The molecule has 0 spiro atoms. The van der Waals surface area contributed by atoms with E-state index in [-0.39, 0.29) is 11.9 Å². The molecule has 4 heterocycles. The van der Waals surface area contributed by atoms with Gasteiger partial charge in [-0.05, 0) is 42.1 Å². The molecule has 0 bridgehead atoms. The van der Waals surface area contributed by atoms with Gasteiger partial charge < -0.3 is 15.5 Å². The van der Waals surface area contributed by atoms with Crippen LogP contribution in [-0.4, -0.2) is 45.0 Å². The summed E-state index contributed by atoms with van der Waals surface area (Å²) in [6, 6.07) is 7.88. The van der Waals surface area contributed by atoms with E-state index in [0.717, 1.165) is 46.4 Å². The van der Waals surface area contributed by atoms with Gasteiger partial charge in [0.05, 0.1) is 21.9 Å². The Balaban J connectivity index is 1.34. The van der Waals surface area contributed by atoms with Gasteiger partial charge in [-0.3, -0.25) is 4.79 Å². The molecular formula is C21H19N7OS. The Hall–Kier alpha value is -3.59. The maximum absolute atomic E-state index is 11.5. The Morgan fingerprint density at radius 3 is 3.07 bits per heavy atom. The number of thiophene rings is 1. The minimum absolute atomic E-state index is 0.234. The topological polar surface area (TPSA) is 95.9 Å². The Morgan fingerprint density at radius 1 is 1.23 bits per heavy atom. The average Bonchev–Trinajstić information content (AvgIpc) is 3.42. The summed E-state index contributed by atoms with van der Waals surface area (Å²) in [7, 11) is 0. The van der Waals surface area contributed by atoms with Gasteiger partial charge in [-0.25, -0.2) is 19.9 Å². The summed E-state index contributed by atoms with van der Waals surface area (Å²) in [5.74, 6) is 1.29. The van der Waals surface area contributed by atoms with E-state index in [0.29, 0.717) is 11.6 Å². The third kappa shape index (κ3) is 3.55. The second kappa shape index (κ2) is 7.68. The van der Waals surface area contributed by atoms with Crippen molar-refractivity contribution in [1.82, 2.24) is 19.9 Å². The number of aromatic nitrogens is 4. The fraction of sp³-hybridized carbons (Fsp3) is 0.190. The molecule has 0 aliphatic carbocycles. The van der Waals surface area contributed by atoms with E-state index in [9.17, 15) is 4.79 Å². The lowest BCUT2D eigenvalue weighted by Gasteiger charge is -2.19. The highest BCUT2D eigenvalue weighted by molar-refractivity contribution is 7.17. The zero-order valence-electron chi connectivity index (χ0n) is 16.1. The van der Waals surface area contributed by atoms with Gasteiger partial charge in [-0.2, -0.15) is 0 Å². The van der Waals surface area contributed by atoms with Crippen molar-refractivity contribution >= 4 is 55.8 Å². The van der Waals surface area contributed by atoms with Crippen molar-refractivity contribution in [2.24, 2.45) is 0 Å². The van der Waals surface area contributed by atoms with Crippen molar-refractivity contribution in [3.05, 3.63) is 54.8 Å². The van der Waals surface area contributed by atoms with Crippen LogP contribution in [0.5, 0.6) is 0 Å². The largest absolute Gasteiger partial charge is 0.354 e. The van der Waals surface area contributed by atoms with Gasteiger partial charge in [0.2, 0.25) is 11.9 Å². The van der Waals surface area contributed by atoms with Crippen molar-refractivity contribution in [3.8, 4) is 0 Å². The van der Waals surface area contributed by atoms with Crippen molar-refractivity contribution in [3.63, 3.8) is 0 Å². The quantitative estimate of drug-likeness (QED) is 0.480. The molecule has 4 aromatic rings. The van der Waals surface area contributed by atoms with Crippen LogP contribution in [0.3, 0.4) is 0 Å². The Morgan fingerprint density at radius 2 is 2.17 bits per heavy atom. The molecule has 1 fully saturated rings. The molecule has 5 rings (SSSR count). The number of nitrogens with zero attached hydrogens (tertiary/aromatic N) is 5. The lowest BCUT2D eigenvalue weighted by Crippen LogP contribution is -2.27. The van der Waals surface area contributed by atoms with Crippen LogP contribution >= 0.6 is 11.3 Å². The van der Waals surface area contributed by atoms with Crippen LogP contribution in [0, 0.1) is 0 Å². The summed E-state index contributed by atoms with van der Waals surface area (Å²) in [5.41, 5.74) is 2.43. The molecule has 1 saturated heterocycles. The maximum atomic E-state index is 11.5. The first-order valence-corrected chi connectivity index (χ1v) is 10.5. The molecule has 1 unspecified atom stereocenters. The summed E-state index contributed by atoms with van der Waals surface area (Å²) in [4.78, 5) is 31.7. The van der Waals surface area contributed by atoms with Crippen LogP contribution in [0.25, 0.3) is 21.1 Å². The molecule has 0 saturated carbocycles. The number of hydrogen-bond acceptors (Lipinski definition) is 8. The first-order chi connectivity index (χ1) is 14.7. The first kappa shape index (κ1) is 18.4. The molecule has 1 aliphatic heterocycles. The zero-order valence-corrected chi connectivity index (χ0v) is 16.9. The Labute approximate surface area is 176 Å². The fourth-order valence-corrected chi connectivity index (χ4v) is 4.35. The molecule has 1 aliphatic rings. The van der Waals surface area contributed by atoms with E-state index in [1.54, 1.807) is 17.7 Å². The minimum Gasteiger partial charge on any atom is -0.354 e. The van der Waals surface area contributed by atoms with E-state index in [1.165, 1.54) is 6.08 Å². The summed E-state index contributed by atoms with van der Waals surface area (Å²) in [6.07, 6.45) is 5.63. The summed E-state index contributed by atoms with van der Waals surface area (Å²) in [6.45, 7) is 5.15. The number of nitrogens with one attached hydrogen (secondary N) is 2. The predicted octanol–water partition coefficient (Wildman–Crippen LogP) is 3.45. The highest BCUT2D eigenvalue weighted by Gasteiger charge is 2.25. The maximum Gasteiger partial charge on any atom is 0.247 e. The summed E-state index contributed by atoms with van der Waals surface area (Å²) in [5, 5.41) is 9.18. The van der Waals surface area contributed by atoms with Gasteiger partial charge >= 0.3 is 0 Å². The molecule has 2 N–H and O–H groups in total. The highest BCUT2D eigenvalue weighted by Crippen LogP contribution is 2.28. The monoisotopic (exact) mass is 417 g/mol. The minimum atomic E-state index is -0.250. The van der Waals surface area contributed by atoms with Crippen LogP contribution in [0.15, 0.2) is 54.8 Å². The van der Waals surface area contributed by atoms with E-state index in [2.05, 4.69) is 42.0 Å². The van der Waals surface area contributed by atoms with E-state index < -0.39 is 0 Å². The lowest BCUT2D eigenvalue weighted by atomic mass is 10.2. The predicted molar refractivity (Wildman–Crippen MR) is 120 cm³/mol. The first-order valence-electron chi connectivity index (χ1n) is 9.59. The van der Waals surface area contributed by atoms with Gasteiger partial charge in [-0.15, -0.1) is 11.3 Å². The number of benzene rings is 1. The van der Waals surface area contributed by atoms with Gasteiger partial charge in [0.15, 0.2) is 0 Å². The molecule has 0 radical (unpaired) electrons. The Kier molecular flexibility index (Phi) is 4.72. The normalized spacial score (nSPS) is 16.1. The van der Waals surface area contributed by atoms with Crippen molar-refractivity contribution in [2.75, 3.05) is 28.6 Å². The smallest absolute Gasteiger partial charge is 0.247 e. The highest BCUT2D eigenvalue weighted by atomic mass is 32.1. The number of carbonyl (C=O) groups excluding carboxylic acids is 1. The third-order valence-electron chi connectivity index (χ3n) is 5.09. The Bertz CT molecular complexity index is 1250. The van der Waals surface area contributed by atoms with Crippen molar-refractivity contribution in [2.45, 2.75) is 12.5 Å². The summed E-state index contributed by atoms with van der Waals surface area (Å²) < 4.78 is 1.09. The lowest BCUT2D eigenvalue weighted by molar-refractivity contribution is -0.111. The number of anilines is 3. The molecule has 1 atom stereocenters. The summed E-state index contributed by atoms with van der Waals surface area (Å²) >= 11 is 1.64. The molecule has 1 amide bonds. The third-order valence-corrected chi connectivity index (χ3v) is 5.93. The molecule has 8 nitrogen and oxygen atoms in total. The van der Waals surface area contributed by atoms with Crippen LogP contribution in [0.1, 0.15) is 6.42 Å². The van der Waals surface area contributed by atoms with E-state index in [4.69, 9.17) is 0 Å². The number of rotatable bonds is 5. The van der Waals surface area contributed by atoms with Crippen LogP contribution in [0.4, 0.5) is 17.5 Å². The average molecular weight is 417 g/mol. The molecule has 9 heteroatoms. The molecular weight excluding hydrogens is 398 g/mol. The number of fused-ring (bicyclic) bond motifs is 2. The van der Waals surface area contributed by atoms with E-state index >= 15 is 0 Å². The number of hydrogen-bond donors (Lipinski definition) is 2. The van der Waals surface area contributed by atoms with Gasteiger partial charge in [-0.1, -0.05) is 6.58 Å². The van der Waals surface area contributed by atoms with E-state index in [1.807, 2.05) is 35.8 Å². The second-order valence-electron chi connectivity index (χ2n) is 7.06. The molecule has 3 aromatic heterocycles. The fourth-order valence-electron chi connectivity index (χ4n) is 3.65. The van der Waals surface area contributed by atoms with Crippen molar-refractivity contribution in [1.29, 1.82) is 0 Å². The van der Waals surface area contributed by atoms with Crippen LogP contribution in [0.2, 0.25) is 0 Å². The SMILES string of the molecule is C=CC(=O)Nc1ccc2c(N3CCC(Nc4ncc5sccc5n4)C3)ncnc2c1. The van der Waals surface area contributed by atoms with Crippen LogP contribution in [-0.2, 0) is 4.79 Å². The second-order valence-corrected chi connectivity index (χ2v) is 8.01. The standard InChI is InChI=1S/C21H19N7OS/c1-2-19(29)25-13-3-4-15-17(9-13)23-12-24-20(15)28-7-5-14(11-28)26-21-22-10-18-16(27-21)6-8-30-18/h2-4,6,8-10,12,14H,1,5,7,11H2,(H,25,29)(H,22,26,27). The van der Waals surface area contributed by atoms with Gasteiger partial charge in [0.25, 0.3) is 0 Å². The van der Waals surface area contributed by atoms with Crippen molar-refractivity contribution < 1.29 is 4.79 Å². The zero-order chi connectivity index (χ0) is 20.5. The molecule has 30 heavy (non-hydrogen) atoms. The van der Waals surface area contributed by atoms with Gasteiger partial charge in [0.1, 0.15) is 12.1 Å². The van der Waals surface area contributed by atoms with Gasteiger partial charge in [0, 0.05) is 30.2 Å². The molecule has 150 valence electrons.